The van der Waals surface area contributed by atoms with Crippen molar-refractivity contribution in [2.45, 2.75) is 19.4 Å². The molecule has 0 aliphatic rings. The van der Waals surface area contributed by atoms with Gasteiger partial charge in [0.15, 0.2) is 11.9 Å². The Labute approximate surface area is 140 Å². The fourth-order valence-corrected chi connectivity index (χ4v) is 2.15. The molecule has 23 heavy (non-hydrogen) atoms. The average molecular weight is 333 g/mol. The third-order valence-corrected chi connectivity index (χ3v) is 3.55. The topological polar surface area (TPSA) is 52.6 Å². The number of Topliss-reactive ketones (excluding diaryl/α,β-unsaturated/α-hetero) is 1. The van der Waals surface area contributed by atoms with Gasteiger partial charge in [-0.25, -0.2) is 4.79 Å². The molecule has 2 rings (SSSR count). The first-order chi connectivity index (χ1) is 11.0. The molecule has 120 valence electrons. The highest BCUT2D eigenvalue weighted by Gasteiger charge is 2.15. The van der Waals surface area contributed by atoms with Crippen molar-refractivity contribution in [3.05, 3.63) is 64.7 Å². The van der Waals surface area contributed by atoms with Gasteiger partial charge in [-0.3, -0.25) is 4.79 Å². The molecular formula is C18H17ClO4. The maximum Gasteiger partial charge on any atom is 0.346 e. The van der Waals surface area contributed by atoms with Crippen molar-refractivity contribution in [1.29, 1.82) is 0 Å². The van der Waals surface area contributed by atoms with Gasteiger partial charge in [0.05, 0.1) is 7.11 Å². The van der Waals surface area contributed by atoms with E-state index in [4.69, 9.17) is 16.3 Å². The zero-order valence-electron chi connectivity index (χ0n) is 12.9. The first-order valence-corrected chi connectivity index (χ1v) is 7.49. The minimum absolute atomic E-state index is 0.000103. The van der Waals surface area contributed by atoms with E-state index in [0.717, 1.165) is 5.56 Å². The van der Waals surface area contributed by atoms with Crippen LogP contribution in [-0.4, -0.2) is 25.0 Å². The van der Waals surface area contributed by atoms with Gasteiger partial charge in [0.2, 0.25) is 0 Å². The second-order valence-electron chi connectivity index (χ2n) is 5.03. The molecule has 0 aromatic heterocycles. The van der Waals surface area contributed by atoms with Gasteiger partial charge in [0.1, 0.15) is 5.75 Å². The van der Waals surface area contributed by atoms with Crippen LogP contribution in [0.5, 0.6) is 5.75 Å². The van der Waals surface area contributed by atoms with E-state index in [2.05, 4.69) is 4.74 Å². The lowest BCUT2D eigenvalue weighted by atomic mass is 10.0. The Morgan fingerprint density at radius 3 is 2.22 bits per heavy atom. The highest BCUT2D eigenvalue weighted by molar-refractivity contribution is 6.30. The van der Waals surface area contributed by atoms with Crippen LogP contribution in [-0.2, 0) is 16.0 Å². The van der Waals surface area contributed by atoms with E-state index >= 15 is 0 Å². The summed E-state index contributed by atoms with van der Waals surface area (Å²) in [6.45, 7) is 1.60. The zero-order valence-corrected chi connectivity index (χ0v) is 13.7. The zero-order chi connectivity index (χ0) is 16.8. The molecule has 0 aliphatic carbocycles. The highest BCUT2D eigenvalue weighted by Crippen LogP contribution is 2.17. The molecule has 0 N–H and O–H groups in total. The van der Waals surface area contributed by atoms with Gasteiger partial charge in [0, 0.05) is 17.0 Å². The van der Waals surface area contributed by atoms with Crippen LogP contribution in [0.15, 0.2) is 48.5 Å². The second-order valence-corrected chi connectivity index (χ2v) is 5.47. The van der Waals surface area contributed by atoms with Gasteiger partial charge >= 0.3 is 5.97 Å². The summed E-state index contributed by atoms with van der Waals surface area (Å²) in [5, 5.41) is 0.641. The number of carbonyl (C=O) groups excluding carboxylic acids is 2. The fraction of sp³-hybridized carbons (Fsp3) is 0.222. The number of methoxy groups -OCH3 is 1. The van der Waals surface area contributed by atoms with Crippen LogP contribution in [0.25, 0.3) is 0 Å². The number of benzene rings is 2. The first kappa shape index (κ1) is 17.0. The summed E-state index contributed by atoms with van der Waals surface area (Å²) in [7, 11) is 1.31. The average Bonchev–Trinajstić information content (AvgIpc) is 2.56. The molecular weight excluding hydrogens is 316 g/mol. The lowest BCUT2D eigenvalue weighted by molar-refractivity contribution is -0.147. The molecule has 0 bridgehead atoms. The largest absolute Gasteiger partial charge is 0.479 e. The predicted molar refractivity (Wildman–Crippen MR) is 88.0 cm³/mol. The van der Waals surface area contributed by atoms with Gasteiger partial charge in [-0.05, 0) is 48.9 Å². The molecule has 0 aliphatic heterocycles. The Hall–Kier alpha value is -2.33. The van der Waals surface area contributed by atoms with E-state index in [1.54, 1.807) is 43.3 Å². The van der Waals surface area contributed by atoms with E-state index in [9.17, 15) is 9.59 Å². The summed E-state index contributed by atoms with van der Waals surface area (Å²) in [6, 6.07) is 13.9. The Kier molecular flexibility index (Phi) is 5.77. The van der Waals surface area contributed by atoms with Gasteiger partial charge in [-0.15, -0.1) is 0 Å². The Bertz CT molecular complexity index is 677. The van der Waals surface area contributed by atoms with Crippen molar-refractivity contribution in [2.75, 3.05) is 7.11 Å². The third-order valence-electron chi connectivity index (χ3n) is 3.30. The Balaban J connectivity index is 1.99. The predicted octanol–water partition coefficient (Wildman–Crippen LogP) is 3.71. The molecule has 0 amide bonds. The summed E-state index contributed by atoms with van der Waals surface area (Å²) < 4.78 is 10.0. The van der Waals surface area contributed by atoms with Crippen LogP contribution in [0.1, 0.15) is 22.8 Å². The molecule has 1 atom stereocenters. The summed E-state index contributed by atoms with van der Waals surface area (Å²) in [5.74, 6) is 0.0544. The van der Waals surface area contributed by atoms with Crippen molar-refractivity contribution in [2.24, 2.45) is 0 Å². The van der Waals surface area contributed by atoms with Crippen LogP contribution in [0.2, 0.25) is 5.02 Å². The minimum atomic E-state index is -0.699. The monoisotopic (exact) mass is 332 g/mol. The van der Waals surface area contributed by atoms with Crippen molar-refractivity contribution in [3.63, 3.8) is 0 Å². The quantitative estimate of drug-likeness (QED) is 0.598. The van der Waals surface area contributed by atoms with E-state index < -0.39 is 12.1 Å². The molecule has 0 spiro atoms. The molecule has 1 unspecified atom stereocenters. The number of hydrogen-bond acceptors (Lipinski definition) is 4. The SMILES string of the molecule is COC(=O)C(C)Oc1ccc(C(=O)Cc2ccc(Cl)cc2)cc1. The first-order valence-electron chi connectivity index (χ1n) is 7.12. The highest BCUT2D eigenvalue weighted by atomic mass is 35.5. The van der Waals surface area contributed by atoms with Gasteiger partial charge < -0.3 is 9.47 Å². The number of ketones is 1. The van der Waals surface area contributed by atoms with Gasteiger partial charge in [-0.1, -0.05) is 23.7 Å². The number of halogens is 1. The van der Waals surface area contributed by atoms with E-state index in [-0.39, 0.29) is 5.78 Å². The minimum Gasteiger partial charge on any atom is -0.479 e. The standard InChI is InChI=1S/C18H17ClO4/c1-12(18(21)22-2)23-16-9-5-14(6-10-16)17(20)11-13-3-7-15(19)8-4-13/h3-10,12H,11H2,1-2H3. The summed E-state index contributed by atoms with van der Waals surface area (Å²) in [5.41, 5.74) is 1.48. The van der Waals surface area contributed by atoms with Gasteiger partial charge in [-0.2, -0.15) is 0 Å². The van der Waals surface area contributed by atoms with Crippen LogP contribution in [0.3, 0.4) is 0 Å². The third kappa shape index (κ3) is 4.83. The summed E-state index contributed by atoms with van der Waals surface area (Å²) in [6.07, 6.45) is -0.397. The summed E-state index contributed by atoms with van der Waals surface area (Å²) in [4.78, 5) is 23.5. The molecule has 0 heterocycles. The van der Waals surface area contributed by atoms with Crippen LogP contribution < -0.4 is 4.74 Å². The maximum absolute atomic E-state index is 12.2. The molecule has 5 heteroatoms. The lowest BCUT2D eigenvalue weighted by Crippen LogP contribution is -2.24. The van der Waals surface area contributed by atoms with E-state index in [1.165, 1.54) is 7.11 Å². The molecule has 0 saturated carbocycles. The van der Waals surface area contributed by atoms with Crippen LogP contribution in [0.4, 0.5) is 0 Å². The molecule has 2 aromatic rings. The number of ether oxygens (including phenoxy) is 2. The Morgan fingerprint density at radius 2 is 1.65 bits per heavy atom. The van der Waals surface area contributed by atoms with Crippen molar-refractivity contribution in [1.82, 2.24) is 0 Å². The Morgan fingerprint density at radius 1 is 1.04 bits per heavy atom. The summed E-state index contributed by atoms with van der Waals surface area (Å²) >= 11 is 5.83. The van der Waals surface area contributed by atoms with Crippen molar-refractivity contribution in [3.8, 4) is 5.75 Å². The maximum atomic E-state index is 12.2. The lowest BCUT2D eigenvalue weighted by Gasteiger charge is -2.12. The van der Waals surface area contributed by atoms with Crippen molar-refractivity contribution < 1.29 is 19.1 Å². The van der Waals surface area contributed by atoms with Gasteiger partial charge in [0.25, 0.3) is 0 Å². The van der Waals surface area contributed by atoms with Crippen molar-refractivity contribution >= 4 is 23.4 Å². The fourth-order valence-electron chi connectivity index (χ4n) is 2.03. The number of hydrogen-bond donors (Lipinski definition) is 0. The molecule has 0 radical (unpaired) electrons. The van der Waals surface area contributed by atoms with Crippen LogP contribution >= 0.6 is 11.6 Å². The second kappa shape index (κ2) is 7.79. The molecule has 4 nitrogen and oxygen atoms in total. The number of carbonyl (C=O) groups is 2. The molecule has 0 fully saturated rings. The number of rotatable bonds is 6. The smallest absolute Gasteiger partial charge is 0.346 e. The van der Waals surface area contributed by atoms with E-state index in [1.807, 2.05) is 12.1 Å². The molecule has 2 aromatic carbocycles. The molecule has 0 saturated heterocycles. The number of esters is 1. The normalized spacial score (nSPS) is 11.6. The van der Waals surface area contributed by atoms with Crippen LogP contribution in [0, 0.1) is 0 Å². The van der Waals surface area contributed by atoms with E-state index in [0.29, 0.717) is 22.8 Å².